The summed E-state index contributed by atoms with van der Waals surface area (Å²) in [7, 11) is 0. The Labute approximate surface area is 148 Å². The minimum Gasteiger partial charge on any atom is -0.478 e. The second kappa shape index (κ2) is 6.87. The van der Waals surface area contributed by atoms with Crippen LogP contribution in [-0.4, -0.2) is 27.6 Å². The highest BCUT2D eigenvalue weighted by atomic mass is 35.5. The van der Waals surface area contributed by atoms with Gasteiger partial charge in [0, 0.05) is 6.20 Å². The molecule has 2 aromatic heterocycles. The fourth-order valence-corrected chi connectivity index (χ4v) is 3.19. The summed E-state index contributed by atoms with van der Waals surface area (Å²) in [4.78, 5) is 20.1. The van der Waals surface area contributed by atoms with Gasteiger partial charge < -0.3 is 15.6 Å². The minimum atomic E-state index is -1.26. The zero-order valence-corrected chi connectivity index (χ0v) is 13.9. The van der Waals surface area contributed by atoms with Crippen LogP contribution in [0.3, 0.4) is 0 Å². The summed E-state index contributed by atoms with van der Waals surface area (Å²) in [6, 6.07) is 3.44. The molecule has 1 atom stereocenters. The molecule has 0 saturated heterocycles. The lowest BCUT2D eigenvalue weighted by Crippen LogP contribution is -2.18. The predicted molar refractivity (Wildman–Crippen MR) is 87.8 cm³/mol. The summed E-state index contributed by atoms with van der Waals surface area (Å²) in [5.74, 6) is -4.04. The van der Waals surface area contributed by atoms with Gasteiger partial charge in [0.1, 0.15) is 26.7 Å². The summed E-state index contributed by atoms with van der Waals surface area (Å²) < 4.78 is 33.2. The molecule has 1 amide bonds. The van der Waals surface area contributed by atoms with Crippen LogP contribution in [0.25, 0.3) is 10.3 Å². The lowest BCUT2D eigenvalue weighted by Gasteiger charge is -2.16. The standard InChI is InChI=1S/C15H10ClF2N3O3S/c16-6-3-8-14(20-4-6)25-15(21-8)10(5-22)24-9-2-1-7(17)11(12(9)18)13(19)23/h1-4,10,22H,5H2,(H2,19,23). The van der Waals surface area contributed by atoms with Gasteiger partial charge in [-0.2, -0.15) is 0 Å². The van der Waals surface area contributed by atoms with E-state index in [1.807, 2.05) is 0 Å². The van der Waals surface area contributed by atoms with E-state index in [2.05, 4.69) is 9.97 Å². The number of aromatic nitrogens is 2. The normalized spacial score (nSPS) is 12.3. The molecule has 0 aliphatic heterocycles. The number of rotatable bonds is 5. The van der Waals surface area contributed by atoms with Crippen LogP contribution in [0.5, 0.6) is 5.75 Å². The van der Waals surface area contributed by atoms with Crippen LogP contribution >= 0.6 is 22.9 Å². The summed E-state index contributed by atoms with van der Waals surface area (Å²) >= 11 is 6.97. The van der Waals surface area contributed by atoms with Crippen molar-refractivity contribution in [3.8, 4) is 5.75 Å². The number of nitrogens with zero attached hydrogens (tertiary/aromatic N) is 2. The zero-order valence-electron chi connectivity index (χ0n) is 12.4. The van der Waals surface area contributed by atoms with Crippen molar-refractivity contribution in [3.63, 3.8) is 0 Å². The SMILES string of the molecule is NC(=O)c1c(F)ccc(OC(CO)c2nc3cc(Cl)cnc3s2)c1F. The molecule has 0 aliphatic rings. The molecule has 10 heteroatoms. The van der Waals surface area contributed by atoms with E-state index in [9.17, 15) is 18.7 Å². The summed E-state index contributed by atoms with van der Waals surface area (Å²) in [5.41, 5.74) is 4.55. The minimum absolute atomic E-state index is 0.316. The topological polar surface area (TPSA) is 98.3 Å². The van der Waals surface area contributed by atoms with Gasteiger partial charge in [-0.25, -0.2) is 18.7 Å². The third kappa shape index (κ3) is 3.39. The number of nitrogens with two attached hydrogens (primary N) is 1. The van der Waals surface area contributed by atoms with Crippen LogP contribution in [0.15, 0.2) is 24.4 Å². The number of hydrogen-bond donors (Lipinski definition) is 2. The number of benzene rings is 1. The maximum Gasteiger partial charge on any atom is 0.254 e. The van der Waals surface area contributed by atoms with Gasteiger partial charge in [-0.3, -0.25) is 4.79 Å². The number of carbonyl (C=O) groups is 1. The maximum atomic E-state index is 14.3. The van der Waals surface area contributed by atoms with E-state index >= 15 is 0 Å². The average molecular weight is 386 g/mol. The van der Waals surface area contributed by atoms with Crippen molar-refractivity contribution in [3.05, 3.63) is 51.6 Å². The smallest absolute Gasteiger partial charge is 0.254 e. The van der Waals surface area contributed by atoms with Crippen LogP contribution in [0.1, 0.15) is 21.5 Å². The van der Waals surface area contributed by atoms with Gasteiger partial charge in [0.05, 0.1) is 11.6 Å². The number of pyridine rings is 1. The van der Waals surface area contributed by atoms with Gasteiger partial charge in [-0.15, -0.1) is 0 Å². The maximum absolute atomic E-state index is 14.3. The molecule has 0 radical (unpaired) electrons. The number of primary amides is 1. The Hall–Kier alpha value is -2.36. The number of ether oxygens (including phenoxy) is 1. The van der Waals surface area contributed by atoms with E-state index in [4.69, 9.17) is 22.1 Å². The number of hydrogen-bond acceptors (Lipinski definition) is 6. The van der Waals surface area contributed by atoms with Gasteiger partial charge in [-0.05, 0) is 18.2 Å². The van der Waals surface area contributed by atoms with Crippen LogP contribution in [0, 0.1) is 11.6 Å². The average Bonchev–Trinajstić information content (AvgIpc) is 2.96. The zero-order chi connectivity index (χ0) is 18.1. The fourth-order valence-electron chi connectivity index (χ4n) is 2.12. The van der Waals surface area contributed by atoms with Crippen molar-refractivity contribution in [2.45, 2.75) is 6.10 Å². The number of fused-ring (bicyclic) bond motifs is 1. The number of carbonyl (C=O) groups excluding carboxylic acids is 1. The molecule has 3 rings (SSSR count). The number of halogens is 3. The summed E-state index contributed by atoms with van der Waals surface area (Å²) in [6.45, 7) is -0.531. The van der Waals surface area contributed by atoms with Gasteiger partial charge >= 0.3 is 0 Å². The van der Waals surface area contributed by atoms with E-state index in [0.29, 0.717) is 20.4 Å². The van der Waals surface area contributed by atoms with E-state index < -0.39 is 41.6 Å². The fraction of sp³-hybridized carbons (Fsp3) is 0.133. The van der Waals surface area contributed by atoms with Crippen molar-refractivity contribution >= 4 is 39.2 Å². The molecule has 1 aromatic carbocycles. The Balaban J connectivity index is 1.97. The van der Waals surface area contributed by atoms with Crippen LogP contribution in [-0.2, 0) is 0 Å². The molecule has 0 fully saturated rings. The molecule has 2 heterocycles. The number of amides is 1. The molecule has 130 valence electrons. The van der Waals surface area contributed by atoms with Crippen LogP contribution in [0.4, 0.5) is 8.78 Å². The number of aliphatic hydroxyl groups is 1. The van der Waals surface area contributed by atoms with Crippen LogP contribution < -0.4 is 10.5 Å². The molecule has 0 spiro atoms. The third-order valence-corrected chi connectivity index (χ3v) is 4.52. The Morgan fingerprint density at radius 1 is 1.44 bits per heavy atom. The summed E-state index contributed by atoms with van der Waals surface area (Å²) in [6.07, 6.45) is 0.401. The van der Waals surface area contributed by atoms with E-state index in [-0.39, 0.29) is 0 Å². The molecule has 3 aromatic rings. The predicted octanol–water partition coefficient (Wildman–Crippen LogP) is 2.83. The van der Waals surface area contributed by atoms with Crippen molar-refractivity contribution in [1.29, 1.82) is 0 Å². The van der Waals surface area contributed by atoms with E-state index in [1.165, 1.54) is 6.20 Å². The Bertz CT molecular complexity index is 967. The molecule has 3 N–H and O–H groups in total. The monoisotopic (exact) mass is 385 g/mol. The molecule has 0 saturated carbocycles. The lowest BCUT2D eigenvalue weighted by atomic mass is 10.1. The highest BCUT2D eigenvalue weighted by Gasteiger charge is 2.24. The number of aliphatic hydroxyl groups excluding tert-OH is 1. The van der Waals surface area contributed by atoms with Gasteiger partial charge in [-0.1, -0.05) is 22.9 Å². The quantitative estimate of drug-likeness (QED) is 0.703. The first-order valence-corrected chi connectivity index (χ1v) is 8.07. The second-order valence-electron chi connectivity index (χ2n) is 4.92. The Morgan fingerprint density at radius 3 is 2.88 bits per heavy atom. The van der Waals surface area contributed by atoms with Crippen molar-refractivity contribution in [2.75, 3.05) is 6.61 Å². The highest BCUT2D eigenvalue weighted by Crippen LogP contribution is 2.31. The first-order valence-electron chi connectivity index (χ1n) is 6.88. The first-order chi connectivity index (χ1) is 11.9. The van der Waals surface area contributed by atoms with E-state index in [0.717, 1.165) is 23.5 Å². The summed E-state index contributed by atoms with van der Waals surface area (Å²) in [5, 5.41) is 10.3. The largest absolute Gasteiger partial charge is 0.478 e. The molecule has 25 heavy (non-hydrogen) atoms. The Kier molecular flexibility index (Phi) is 4.80. The first kappa shape index (κ1) is 17.5. The molecular weight excluding hydrogens is 376 g/mol. The third-order valence-electron chi connectivity index (χ3n) is 3.24. The van der Waals surface area contributed by atoms with Crippen molar-refractivity contribution in [2.24, 2.45) is 5.73 Å². The van der Waals surface area contributed by atoms with Crippen molar-refractivity contribution < 1.29 is 23.4 Å². The molecule has 0 bridgehead atoms. The van der Waals surface area contributed by atoms with Crippen molar-refractivity contribution in [1.82, 2.24) is 9.97 Å². The number of thiazole rings is 1. The molecule has 1 unspecified atom stereocenters. The molecule has 0 aliphatic carbocycles. The molecule has 6 nitrogen and oxygen atoms in total. The second-order valence-corrected chi connectivity index (χ2v) is 6.36. The lowest BCUT2D eigenvalue weighted by molar-refractivity contribution is 0.0982. The molecular formula is C15H10ClF2N3O3S. The Morgan fingerprint density at radius 2 is 2.20 bits per heavy atom. The highest BCUT2D eigenvalue weighted by molar-refractivity contribution is 7.18. The van der Waals surface area contributed by atoms with Gasteiger partial charge in [0.25, 0.3) is 5.91 Å². The van der Waals surface area contributed by atoms with Crippen LogP contribution in [0.2, 0.25) is 5.02 Å². The van der Waals surface area contributed by atoms with Gasteiger partial charge in [0.15, 0.2) is 17.7 Å². The van der Waals surface area contributed by atoms with E-state index in [1.54, 1.807) is 6.07 Å². The van der Waals surface area contributed by atoms with Gasteiger partial charge in [0.2, 0.25) is 0 Å².